The molecule has 0 aromatic heterocycles. The third kappa shape index (κ3) is 3.92. The van der Waals surface area contributed by atoms with Crippen molar-refractivity contribution in [1.29, 1.82) is 0 Å². The summed E-state index contributed by atoms with van der Waals surface area (Å²) in [6.45, 7) is 8.25. The second-order valence-electron chi connectivity index (χ2n) is 7.12. The number of carbonyl (C=O) groups is 2. The maximum absolute atomic E-state index is 12.9. The quantitative estimate of drug-likeness (QED) is 0.668. The van der Waals surface area contributed by atoms with Crippen LogP contribution in [0.25, 0.3) is 0 Å². The van der Waals surface area contributed by atoms with E-state index >= 15 is 0 Å². The van der Waals surface area contributed by atoms with Gasteiger partial charge in [-0.1, -0.05) is 63.4 Å². The number of carbonyl (C=O) groups excluding carboxylic acids is 2. The predicted octanol–water partition coefficient (Wildman–Crippen LogP) is 4.31. The molecule has 1 aliphatic heterocycles. The van der Waals surface area contributed by atoms with Gasteiger partial charge in [0.25, 0.3) is 5.91 Å². The van der Waals surface area contributed by atoms with Gasteiger partial charge >= 0.3 is 0 Å². The van der Waals surface area contributed by atoms with Crippen LogP contribution in [0.1, 0.15) is 63.7 Å². The first kappa shape index (κ1) is 18.4. The third-order valence-corrected chi connectivity index (χ3v) is 4.97. The number of nitrogens with zero attached hydrogens (tertiary/aromatic N) is 2. The van der Waals surface area contributed by atoms with E-state index in [1.807, 2.05) is 32.0 Å². The van der Waals surface area contributed by atoms with E-state index in [1.54, 1.807) is 12.1 Å². The Morgan fingerprint density at radius 3 is 2.58 bits per heavy atom. The second-order valence-corrected chi connectivity index (χ2v) is 7.12. The van der Waals surface area contributed by atoms with Crippen LogP contribution in [-0.2, 0) is 4.79 Å². The molecular weight excluding hydrogens is 300 g/mol. The van der Waals surface area contributed by atoms with Crippen molar-refractivity contribution >= 4 is 17.4 Å². The molecule has 2 atom stereocenters. The molecule has 0 bridgehead atoms. The third-order valence-electron chi connectivity index (χ3n) is 4.97. The number of amides is 1. The molecule has 1 heterocycles. The molecule has 0 fully saturated rings. The summed E-state index contributed by atoms with van der Waals surface area (Å²) >= 11 is 0. The minimum Gasteiger partial charge on any atom is -0.292 e. The Bertz CT molecular complexity index is 624. The van der Waals surface area contributed by atoms with Crippen LogP contribution in [-0.4, -0.2) is 29.0 Å². The van der Waals surface area contributed by atoms with Gasteiger partial charge in [0.15, 0.2) is 5.78 Å². The fourth-order valence-electron chi connectivity index (χ4n) is 3.32. The normalized spacial score (nSPS) is 21.8. The van der Waals surface area contributed by atoms with Crippen molar-refractivity contribution in [2.45, 2.75) is 53.4 Å². The van der Waals surface area contributed by atoms with E-state index in [-0.39, 0.29) is 18.2 Å². The van der Waals surface area contributed by atoms with Gasteiger partial charge in [-0.25, -0.2) is 5.01 Å². The van der Waals surface area contributed by atoms with Gasteiger partial charge in [0.1, 0.15) is 6.54 Å². The summed E-state index contributed by atoms with van der Waals surface area (Å²) in [5, 5.41) is 5.76. The number of ketones is 1. The van der Waals surface area contributed by atoms with E-state index in [2.05, 4.69) is 18.9 Å². The first-order valence-corrected chi connectivity index (χ1v) is 8.84. The number of unbranched alkanes of at least 4 members (excludes halogenated alkanes) is 1. The van der Waals surface area contributed by atoms with Gasteiger partial charge in [0.05, 0.1) is 11.1 Å². The molecule has 0 aliphatic carbocycles. The molecule has 0 spiro atoms. The van der Waals surface area contributed by atoms with Crippen molar-refractivity contribution < 1.29 is 9.59 Å². The lowest BCUT2D eigenvalue weighted by Crippen LogP contribution is -2.39. The molecule has 1 unspecified atom stereocenters. The summed E-state index contributed by atoms with van der Waals surface area (Å²) < 4.78 is 0. The fraction of sp³-hybridized carbons (Fsp3) is 0.550. The van der Waals surface area contributed by atoms with Gasteiger partial charge in [0.2, 0.25) is 0 Å². The van der Waals surface area contributed by atoms with Crippen LogP contribution in [0.15, 0.2) is 35.4 Å². The van der Waals surface area contributed by atoms with E-state index in [1.165, 1.54) is 17.9 Å². The summed E-state index contributed by atoms with van der Waals surface area (Å²) in [6, 6.07) is 9.06. The van der Waals surface area contributed by atoms with E-state index < -0.39 is 5.41 Å². The molecule has 1 aliphatic rings. The van der Waals surface area contributed by atoms with Gasteiger partial charge in [-0.15, -0.1) is 0 Å². The first-order valence-electron chi connectivity index (χ1n) is 8.84. The van der Waals surface area contributed by atoms with E-state index in [0.29, 0.717) is 11.5 Å². The predicted molar refractivity (Wildman–Crippen MR) is 97.0 cm³/mol. The van der Waals surface area contributed by atoms with E-state index in [9.17, 15) is 9.59 Å². The molecule has 1 aromatic rings. The standard InChI is InChI=1S/C20H28N2O2/c1-5-6-10-15(2)13-20(4)16(3)21-22(19(20)24)14-18(23)17-11-8-7-9-12-17/h7-9,11-12,15H,5-6,10,13-14H2,1-4H3/t15-,20?/m0/s1. The molecular formula is C20H28N2O2. The summed E-state index contributed by atoms with van der Waals surface area (Å²) in [5.41, 5.74) is 0.851. The fourth-order valence-corrected chi connectivity index (χ4v) is 3.32. The molecule has 1 amide bonds. The van der Waals surface area contributed by atoms with Crippen LogP contribution in [0.5, 0.6) is 0 Å². The molecule has 2 rings (SSSR count). The topological polar surface area (TPSA) is 49.7 Å². The monoisotopic (exact) mass is 328 g/mol. The van der Waals surface area contributed by atoms with Crippen molar-refractivity contribution in [2.75, 3.05) is 6.54 Å². The van der Waals surface area contributed by atoms with Crippen molar-refractivity contribution in [3.63, 3.8) is 0 Å². The highest BCUT2D eigenvalue weighted by atomic mass is 16.2. The molecule has 130 valence electrons. The summed E-state index contributed by atoms with van der Waals surface area (Å²) in [5.74, 6) is 0.338. The number of benzene rings is 1. The number of Topliss-reactive ketones (excluding diaryl/α,β-unsaturated/α-hetero) is 1. The smallest absolute Gasteiger partial charge is 0.254 e. The van der Waals surface area contributed by atoms with Gasteiger partial charge in [-0.2, -0.15) is 5.10 Å². The maximum Gasteiger partial charge on any atom is 0.254 e. The van der Waals surface area contributed by atoms with Crippen LogP contribution in [0.2, 0.25) is 0 Å². The molecule has 4 heteroatoms. The molecule has 4 nitrogen and oxygen atoms in total. The number of hydrogen-bond donors (Lipinski definition) is 0. The molecule has 0 N–H and O–H groups in total. The maximum atomic E-state index is 12.9. The Morgan fingerprint density at radius 2 is 1.96 bits per heavy atom. The van der Waals surface area contributed by atoms with E-state index in [0.717, 1.165) is 18.6 Å². The average molecular weight is 328 g/mol. The lowest BCUT2D eigenvalue weighted by atomic mass is 9.76. The zero-order chi connectivity index (χ0) is 17.7. The highest BCUT2D eigenvalue weighted by Gasteiger charge is 2.46. The number of hydrazone groups is 1. The van der Waals surface area contributed by atoms with Gasteiger partial charge in [0, 0.05) is 5.56 Å². The van der Waals surface area contributed by atoms with Crippen LogP contribution in [0.3, 0.4) is 0 Å². The first-order chi connectivity index (χ1) is 11.4. The largest absolute Gasteiger partial charge is 0.292 e. The Kier molecular flexibility index (Phi) is 5.92. The Labute approximate surface area is 144 Å². The zero-order valence-electron chi connectivity index (χ0n) is 15.2. The van der Waals surface area contributed by atoms with Crippen molar-refractivity contribution in [3.05, 3.63) is 35.9 Å². The van der Waals surface area contributed by atoms with Crippen molar-refractivity contribution in [2.24, 2.45) is 16.4 Å². The highest BCUT2D eigenvalue weighted by molar-refractivity contribution is 6.12. The van der Waals surface area contributed by atoms with Gasteiger partial charge < -0.3 is 0 Å². The van der Waals surface area contributed by atoms with Gasteiger partial charge in [-0.3, -0.25) is 9.59 Å². The van der Waals surface area contributed by atoms with Crippen LogP contribution >= 0.6 is 0 Å². The molecule has 0 saturated heterocycles. The highest BCUT2D eigenvalue weighted by Crippen LogP contribution is 2.36. The molecule has 24 heavy (non-hydrogen) atoms. The summed E-state index contributed by atoms with van der Waals surface area (Å²) in [4.78, 5) is 25.2. The molecule has 0 saturated carbocycles. The number of rotatable bonds is 8. The Morgan fingerprint density at radius 1 is 1.29 bits per heavy atom. The van der Waals surface area contributed by atoms with Gasteiger partial charge in [-0.05, 0) is 26.2 Å². The zero-order valence-corrected chi connectivity index (χ0v) is 15.2. The Balaban J connectivity index is 2.05. The van der Waals surface area contributed by atoms with Crippen LogP contribution in [0, 0.1) is 11.3 Å². The molecule has 1 aromatic carbocycles. The minimum atomic E-state index is -0.579. The Hall–Kier alpha value is -1.97. The minimum absolute atomic E-state index is 0.0130. The van der Waals surface area contributed by atoms with Crippen LogP contribution in [0.4, 0.5) is 0 Å². The van der Waals surface area contributed by atoms with Crippen molar-refractivity contribution in [3.8, 4) is 0 Å². The average Bonchev–Trinajstić information content (AvgIpc) is 2.77. The lowest BCUT2D eigenvalue weighted by molar-refractivity contribution is -0.135. The SMILES string of the molecule is CCCC[C@H](C)CC1(C)C(=O)N(CC(=O)c2ccccc2)N=C1C. The summed E-state index contributed by atoms with van der Waals surface area (Å²) in [6.07, 6.45) is 4.25. The number of hydrogen-bond acceptors (Lipinski definition) is 3. The lowest BCUT2D eigenvalue weighted by Gasteiger charge is -2.26. The van der Waals surface area contributed by atoms with Crippen molar-refractivity contribution in [1.82, 2.24) is 5.01 Å². The molecule has 0 radical (unpaired) electrons. The van der Waals surface area contributed by atoms with Crippen LogP contribution < -0.4 is 0 Å². The van der Waals surface area contributed by atoms with E-state index in [4.69, 9.17) is 0 Å². The second kappa shape index (κ2) is 7.73. The summed E-state index contributed by atoms with van der Waals surface area (Å²) in [7, 11) is 0.